The van der Waals surface area contributed by atoms with E-state index in [0.717, 1.165) is 5.56 Å². The molecule has 0 unspecified atom stereocenters. The van der Waals surface area contributed by atoms with E-state index in [9.17, 15) is 14.4 Å². The van der Waals surface area contributed by atoms with Crippen molar-refractivity contribution in [2.45, 2.75) is 44.4 Å². The van der Waals surface area contributed by atoms with Crippen LogP contribution in [0.4, 0.5) is 16.2 Å². The Balaban J connectivity index is 1.48. The molecule has 1 saturated heterocycles. The predicted molar refractivity (Wildman–Crippen MR) is 122 cm³/mol. The first kappa shape index (κ1) is 22.6. The highest BCUT2D eigenvalue weighted by Crippen LogP contribution is 2.32. The van der Waals surface area contributed by atoms with Crippen LogP contribution in [0.2, 0.25) is 0 Å². The van der Waals surface area contributed by atoms with Crippen molar-refractivity contribution in [3.8, 4) is 5.75 Å². The van der Waals surface area contributed by atoms with Crippen LogP contribution < -0.4 is 15.4 Å². The number of carboxylic acids is 1. The molecule has 0 aromatic heterocycles. The summed E-state index contributed by atoms with van der Waals surface area (Å²) < 4.78 is 11.8. The lowest BCUT2D eigenvalue weighted by molar-refractivity contribution is -0.148. The van der Waals surface area contributed by atoms with Crippen LogP contribution in [0.25, 0.3) is 0 Å². The van der Waals surface area contributed by atoms with E-state index in [2.05, 4.69) is 10.6 Å². The zero-order chi connectivity index (χ0) is 23.5. The normalized spacial score (nSPS) is 22.2. The van der Waals surface area contributed by atoms with Crippen LogP contribution in [0.1, 0.15) is 35.2 Å². The molecule has 2 aromatic rings. The summed E-state index contributed by atoms with van der Waals surface area (Å²) in [6.45, 7) is 2.17. The van der Waals surface area contributed by atoms with Crippen molar-refractivity contribution in [2.24, 2.45) is 0 Å². The molecule has 2 aliphatic rings. The van der Waals surface area contributed by atoms with E-state index in [1.54, 1.807) is 30.1 Å². The number of aryl methyl sites for hydroxylation is 1. The van der Waals surface area contributed by atoms with E-state index in [0.29, 0.717) is 35.5 Å². The zero-order valence-electron chi connectivity index (χ0n) is 18.5. The maximum atomic E-state index is 13.2. The maximum absolute atomic E-state index is 13.2. The number of benzene rings is 2. The van der Waals surface area contributed by atoms with Gasteiger partial charge in [0, 0.05) is 18.4 Å². The van der Waals surface area contributed by atoms with Crippen molar-refractivity contribution in [2.75, 3.05) is 24.3 Å². The van der Waals surface area contributed by atoms with Gasteiger partial charge in [-0.25, -0.2) is 4.79 Å². The number of carbonyl (C=O) groups excluding carboxylic acids is 2. The minimum absolute atomic E-state index is 0.0723. The van der Waals surface area contributed by atoms with Gasteiger partial charge < -0.3 is 30.1 Å². The molecule has 1 fully saturated rings. The highest BCUT2D eigenvalue weighted by Gasteiger charge is 2.39. The minimum Gasteiger partial charge on any atom is -0.490 e. The minimum atomic E-state index is -0.911. The lowest BCUT2D eigenvalue weighted by Crippen LogP contribution is -2.53. The molecule has 2 aromatic carbocycles. The number of carbonyl (C=O) groups is 3. The second kappa shape index (κ2) is 9.50. The van der Waals surface area contributed by atoms with Gasteiger partial charge in [0.15, 0.2) is 0 Å². The molecule has 33 heavy (non-hydrogen) atoms. The van der Waals surface area contributed by atoms with E-state index < -0.39 is 24.2 Å². The molecular weight excluding hydrogens is 426 g/mol. The SMILES string of the molecule is Cc1ccc(NC(=O)Nc2ccc3c(c2)C(=O)N(C)[C@@H]2CC[C@H](CC(=O)O)O[C@H]2CO3)cc1. The summed E-state index contributed by atoms with van der Waals surface area (Å²) >= 11 is 0. The standard InChI is InChI=1S/C24H27N3O6/c1-14-3-5-15(6-4-14)25-24(31)26-16-7-10-20-18(11-16)23(30)27(2)19-9-8-17(12-22(28)29)33-21(19)13-32-20/h3-7,10-11,17,19,21H,8-9,12-13H2,1-2H3,(H,28,29)(H2,25,26,31)/t17-,19-,21+/m1/s1. The second-order valence-corrected chi connectivity index (χ2v) is 8.42. The fraction of sp³-hybridized carbons (Fsp3) is 0.375. The molecule has 0 radical (unpaired) electrons. The van der Waals surface area contributed by atoms with Gasteiger partial charge in [0.25, 0.3) is 5.91 Å². The lowest BCUT2D eigenvalue weighted by atomic mass is 9.94. The van der Waals surface area contributed by atoms with Crippen LogP contribution in [0.3, 0.4) is 0 Å². The monoisotopic (exact) mass is 453 g/mol. The Kier molecular flexibility index (Phi) is 6.50. The molecule has 0 saturated carbocycles. The van der Waals surface area contributed by atoms with Crippen LogP contribution in [0.15, 0.2) is 42.5 Å². The third-order valence-corrected chi connectivity index (χ3v) is 5.98. The van der Waals surface area contributed by atoms with Gasteiger partial charge in [-0.3, -0.25) is 9.59 Å². The van der Waals surface area contributed by atoms with Crippen LogP contribution in [0.5, 0.6) is 5.75 Å². The Morgan fingerprint density at radius 1 is 1.09 bits per heavy atom. The number of rotatable bonds is 4. The quantitative estimate of drug-likeness (QED) is 0.652. The highest BCUT2D eigenvalue weighted by atomic mass is 16.5. The Hall–Kier alpha value is -3.59. The van der Waals surface area contributed by atoms with E-state index >= 15 is 0 Å². The number of nitrogens with one attached hydrogen (secondary N) is 2. The molecule has 3 amide bonds. The van der Waals surface area contributed by atoms with Gasteiger partial charge in [-0.15, -0.1) is 0 Å². The lowest BCUT2D eigenvalue weighted by Gasteiger charge is -2.42. The average molecular weight is 453 g/mol. The molecule has 0 aliphatic carbocycles. The summed E-state index contributed by atoms with van der Waals surface area (Å²) in [5, 5.41) is 14.6. The second-order valence-electron chi connectivity index (χ2n) is 8.42. The van der Waals surface area contributed by atoms with E-state index in [1.807, 2.05) is 31.2 Å². The first-order valence-corrected chi connectivity index (χ1v) is 10.9. The molecule has 2 aliphatic heterocycles. The number of aliphatic carboxylic acids is 1. The molecule has 9 heteroatoms. The first-order valence-electron chi connectivity index (χ1n) is 10.9. The Bertz CT molecular complexity index is 1050. The van der Waals surface area contributed by atoms with Gasteiger partial charge in [-0.2, -0.15) is 0 Å². The van der Waals surface area contributed by atoms with Crippen molar-refractivity contribution < 1.29 is 29.0 Å². The predicted octanol–water partition coefficient (Wildman–Crippen LogP) is 3.49. The number of urea groups is 1. The number of ether oxygens (including phenoxy) is 2. The first-order chi connectivity index (χ1) is 15.8. The summed E-state index contributed by atoms with van der Waals surface area (Å²) in [4.78, 5) is 38.3. The van der Waals surface area contributed by atoms with E-state index in [-0.39, 0.29) is 25.0 Å². The number of likely N-dealkylation sites (N-methyl/N-ethyl adjacent to an activating group) is 1. The van der Waals surface area contributed by atoms with Gasteiger partial charge in [0.05, 0.1) is 24.1 Å². The number of fused-ring (bicyclic) bond motifs is 2. The molecular formula is C24H27N3O6. The molecule has 3 atom stereocenters. The number of nitrogens with zero attached hydrogens (tertiary/aromatic N) is 1. The fourth-order valence-corrected chi connectivity index (χ4v) is 4.23. The maximum Gasteiger partial charge on any atom is 0.323 e. The van der Waals surface area contributed by atoms with E-state index in [1.165, 1.54) is 0 Å². The summed E-state index contributed by atoms with van der Waals surface area (Å²) in [5.74, 6) is -0.771. The van der Waals surface area contributed by atoms with E-state index in [4.69, 9.17) is 14.6 Å². The van der Waals surface area contributed by atoms with Crippen molar-refractivity contribution in [1.82, 2.24) is 4.90 Å². The van der Waals surface area contributed by atoms with Gasteiger partial charge in [0.1, 0.15) is 18.5 Å². The number of amides is 3. The van der Waals surface area contributed by atoms with Crippen molar-refractivity contribution in [3.63, 3.8) is 0 Å². The van der Waals surface area contributed by atoms with Crippen molar-refractivity contribution >= 4 is 29.3 Å². The third kappa shape index (κ3) is 5.25. The average Bonchev–Trinajstić information content (AvgIpc) is 2.78. The smallest absolute Gasteiger partial charge is 0.323 e. The number of hydrogen-bond donors (Lipinski definition) is 3. The topological polar surface area (TPSA) is 117 Å². The third-order valence-electron chi connectivity index (χ3n) is 5.98. The summed E-state index contributed by atoms with van der Waals surface area (Å²) in [5.41, 5.74) is 2.56. The van der Waals surface area contributed by atoms with Crippen LogP contribution >= 0.6 is 0 Å². The molecule has 0 spiro atoms. The Labute approximate surface area is 191 Å². The molecule has 174 valence electrons. The van der Waals surface area contributed by atoms with Crippen LogP contribution in [-0.4, -0.2) is 59.8 Å². The molecule has 9 nitrogen and oxygen atoms in total. The highest BCUT2D eigenvalue weighted by molar-refractivity contribution is 6.02. The Morgan fingerprint density at radius 2 is 1.79 bits per heavy atom. The van der Waals surface area contributed by atoms with Crippen LogP contribution in [0, 0.1) is 6.92 Å². The summed E-state index contributed by atoms with van der Waals surface area (Å²) in [6.07, 6.45) is 0.299. The van der Waals surface area contributed by atoms with Gasteiger partial charge >= 0.3 is 12.0 Å². The molecule has 3 N–H and O–H groups in total. The van der Waals surface area contributed by atoms with Crippen molar-refractivity contribution in [3.05, 3.63) is 53.6 Å². The number of carboxylic acid groups (broad SMARTS) is 1. The Morgan fingerprint density at radius 3 is 2.52 bits per heavy atom. The van der Waals surface area contributed by atoms with Crippen molar-refractivity contribution in [1.29, 1.82) is 0 Å². The zero-order valence-corrected chi connectivity index (χ0v) is 18.5. The van der Waals surface area contributed by atoms with Gasteiger partial charge in [0.2, 0.25) is 0 Å². The molecule has 0 bridgehead atoms. The number of hydrogen-bond acceptors (Lipinski definition) is 5. The van der Waals surface area contributed by atoms with Gasteiger partial charge in [-0.05, 0) is 50.1 Å². The largest absolute Gasteiger partial charge is 0.490 e. The number of anilines is 2. The fourth-order valence-electron chi connectivity index (χ4n) is 4.23. The summed E-state index contributed by atoms with van der Waals surface area (Å²) in [6, 6.07) is 11.7. The van der Waals surface area contributed by atoms with Crippen LogP contribution in [-0.2, 0) is 9.53 Å². The molecule has 4 rings (SSSR count). The van der Waals surface area contributed by atoms with Gasteiger partial charge in [-0.1, -0.05) is 17.7 Å². The molecule has 2 heterocycles. The summed E-state index contributed by atoms with van der Waals surface area (Å²) in [7, 11) is 1.71.